The standard InChI is InChI=1S/C16H25N3O2/c1-16(21)9-3-11-19(12-16)10-2-4-15(20)18-14-7-5-13(17)6-8-14/h5-8,21H,2-4,9-12,17H2,1H3,(H,18,20). The van der Waals surface area contributed by atoms with Crippen LogP contribution in [-0.4, -0.2) is 41.1 Å². The molecular formula is C16H25N3O2. The molecule has 1 saturated heterocycles. The van der Waals surface area contributed by atoms with Gasteiger partial charge in [-0.3, -0.25) is 4.79 Å². The van der Waals surface area contributed by atoms with Gasteiger partial charge in [0.15, 0.2) is 0 Å². The largest absolute Gasteiger partial charge is 0.399 e. The van der Waals surface area contributed by atoms with Crippen molar-refractivity contribution in [1.29, 1.82) is 0 Å². The number of anilines is 2. The van der Waals surface area contributed by atoms with Crippen molar-refractivity contribution < 1.29 is 9.90 Å². The van der Waals surface area contributed by atoms with E-state index < -0.39 is 5.60 Å². The van der Waals surface area contributed by atoms with E-state index in [1.807, 2.05) is 6.92 Å². The van der Waals surface area contributed by atoms with Crippen LogP contribution >= 0.6 is 0 Å². The van der Waals surface area contributed by atoms with Crippen LogP contribution in [-0.2, 0) is 4.79 Å². The maximum atomic E-state index is 11.9. The summed E-state index contributed by atoms with van der Waals surface area (Å²) in [6, 6.07) is 7.14. The lowest BCUT2D eigenvalue weighted by Crippen LogP contribution is -2.46. The lowest BCUT2D eigenvalue weighted by Gasteiger charge is -2.36. The molecule has 1 aromatic carbocycles. The highest BCUT2D eigenvalue weighted by atomic mass is 16.3. The predicted molar refractivity (Wildman–Crippen MR) is 85.0 cm³/mol. The van der Waals surface area contributed by atoms with Crippen molar-refractivity contribution >= 4 is 17.3 Å². The van der Waals surface area contributed by atoms with Gasteiger partial charge < -0.3 is 21.1 Å². The van der Waals surface area contributed by atoms with Crippen molar-refractivity contribution in [2.75, 3.05) is 30.7 Å². The third-order valence-corrected chi connectivity index (χ3v) is 3.83. The number of benzene rings is 1. The molecule has 5 heteroatoms. The van der Waals surface area contributed by atoms with Gasteiger partial charge in [0.05, 0.1) is 5.60 Å². The minimum absolute atomic E-state index is 0.0172. The van der Waals surface area contributed by atoms with Gasteiger partial charge in [-0.25, -0.2) is 0 Å². The number of rotatable bonds is 5. The van der Waals surface area contributed by atoms with E-state index in [2.05, 4.69) is 10.2 Å². The molecule has 1 atom stereocenters. The van der Waals surface area contributed by atoms with Gasteiger partial charge in [0.25, 0.3) is 0 Å². The topological polar surface area (TPSA) is 78.6 Å². The highest BCUT2D eigenvalue weighted by Crippen LogP contribution is 2.20. The van der Waals surface area contributed by atoms with Gasteiger partial charge in [0.2, 0.25) is 5.91 Å². The Hall–Kier alpha value is -1.59. The smallest absolute Gasteiger partial charge is 0.224 e. The zero-order valence-corrected chi connectivity index (χ0v) is 12.6. The number of nitrogens with one attached hydrogen (secondary N) is 1. The third-order valence-electron chi connectivity index (χ3n) is 3.83. The molecule has 4 N–H and O–H groups in total. The highest BCUT2D eigenvalue weighted by molar-refractivity contribution is 5.90. The van der Waals surface area contributed by atoms with Crippen LogP contribution < -0.4 is 11.1 Å². The fraction of sp³-hybridized carbons (Fsp3) is 0.562. The molecule has 1 aliphatic rings. The number of nitrogens with zero attached hydrogens (tertiary/aromatic N) is 1. The third kappa shape index (κ3) is 5.36. The molecule has 1 heterocycles. The summed E-state index contributed by atoms with van der Waals surface area (Å²) in [5.41, 5.74) is 6.48. The summed E-state index contributed by atoms with van der Waals surface area (Å²) in [6.45, 7) is 4.45. The van der Waals surface area contributed by atoms with E-state index in [4.69, 9.17) is 5.73 Å². The van der Waals surface area contributed by atoms with Gasteiger partial charge in [-0.1, -0.05) is 0 Å². The number of piperidine rings is 1. The first-order chi connectivity index (χ1) is 9.94. The maximum Gasteiger partial charge on any atom is 0.224 e. The number of carbonyl (C=O) groups is 1. The van der Waals surface area contributed by atoms with Crippen LogP contribution in [0.4, 0.5) is 11.4 Å². The van der Waals surface area contributed by atoms with E-state index in [9.17, 15) is 9.90 Å². The number of β-amino-alcohol motifs (C(OH)–C–C–N with tert-alkyl or cyclic N) is 1. The summed E-state index contributed by atoms with van der Waals surface area (Å²) < 4.78 is 0. The highest BCUT2D eigenvalue weighted by Gasteiger charge is 2.27. The molecule has 0 spiro atoms. The van der Waals surface area contributed by atoms with Crippen LogP contribution in [0.1, 0.15) is 32.6 Å². The lowest BCUT2D eigenvalue weighted by molar-refractivity contribution is -0.116. The van der Waals surface area contributed by atoms with Crippen LogP contribution in [0.2, 0.25) is 0 Å². The molecule has 1 fully saturated rings. The quantitative estimate of drug-likeness (QED) is 0.723. The minimum Gasteiger partial charge on any atom is -0.399 e. The Kier molecular flexibility index (Phi) is 5.20. The van der Waals surface area contributed by atoms with Crippen molar-refractivity contribution in [3.05, 3.63) is 24.3 Å². The second kappa shape index (κ2) is 6.91. The molecule has 0 aliphatic carbocycles. The molecule has 21 heavy (non-hydrogen) atoms. The van der Waals surface area contributed by atoms with Crippen LogP contribution in [0.15, 0.2) is 24.3 Å². The van der Waals surface area contributed by atoms with Crippen molar-refractivity contribution in [2.45, 2.75) is 38.2 Å². The number of amides is 1. The number of carbonyl (C=O) groups excluding carboxylic acids is 1. The Morgan fingerprint density at radius 3 is 2.81 bits per heavy atom. The number of hydrogen-bond acceptors (Lipinski definition) is 4. The summed E-state index contributed by atoms with van der Waals surface area (Å²) >= 11 is 0. The molecule has 1 aromatic rings. The van der Waals surface area contributed by atoms with Crippen molar-refractivity contribution in [3.63, 3.8) is 0 Å². The van der Waals surface area contributed by atoms with Crippen molar-refractivity contribution in [2.24, 2.45) is 0 Å². The van der Waals surface area contributed by atoms with Crippen LogP contribution in [0, 0.1) is 0 Å². The maximum absolute atomic E-state index is 11.9. The first-order valence-electron chi connectivity index (χ1n) is 7.55. The van der Waals surface area contributed by atoms with E-state index >= 15 is 0 Å². The van der Waals surface area contributed by atoms with Gasteiger partial charge in [0.1, 0.15) is 0 Å². The fourth-order valence-corrected chi connectivity index (χ4v) is 2.77. The summed E-state index contributed by atoms with van der Waals surface area (Å²) in [5.74, 6) is 0.0172. The number of aliphatic hydroxyl groups is 1. The minimum atomic E-state index is -0.579. The van der Waals surface area contributed by atoms with Gasteiger partial charge in [0, 0.05) is 24.3 Å². The first kappa shape index (κ1) is 15.8. The molecule has 2 rings (SSSR count). The number of likely N-dealkylation sites (tertiary alicyclic amines) is 1. The van der Waals surface area contributed by atoms with E-state index in [0.29, 0.717) is 18.7 Å². The van der Waals surface area contributed by atoms with Crippen molar-refractivity contribution in [1.82, 2.24) is 4.90 Å². The molecular weight excluding hydrogens is 266 g/mol. The monoisotopic (exact) mass is 291 g/mol. The predicted octanol–water partition coefficient (Wildman–Crippen LogP) is 1.83. The van der Waals surface area contributed by atoms with Gasteiger partial charge in [-0.05, 0) is 63.5 Å². The molecule has 0 bridgehead atoms. The molecule has 0 aromatic heterocycles. The first-order valence-corrected chi connectivity index (χ1v) is 7.55. The number of nitrogens with two attached hydrogens (primary N) is 1. The lowest BCUT2D eigenvalue weighted by atomic mass is 9.95. The average molecular weight is 291 g/mol. The Bertz CT molecular complexity index is 471. The summed E-state index contributed by atoms with van der Waals surface area (Å²) in [5, 5.41) is 12.9. The fourth-order valence-electron chi connectivity index (χ4n) is 2.77. The van der Waals surface area contributed by atoms with Gasteiger partial charge in [-0.15, -0.1) is 0 Å². The van der Waals surface area contributed by atoms with E-state index in [1.165, 1.54) is 0 Å². The molecule has 5 nitrogen and oxygen atoms in total. The Morgan fingerprint density at radius 2 is 2.14 bits per heavy atom. The molecule has 1 amide bonds. The number of nitrogen functional groups attached to an aromatic ring is 1. The van der Waals surface area contributed by atoms with E-state index in [0.717, 1.165) is 38.0 Å². The van der Waals surface area contributed by atoms with Crippen molar-refractivity contribution in [3.8, 4) is 0 Å². The number of hydrogen-bond donors (Lipinski definition) is 3. The Labute approximate surface area is 126 Å². The SMILES string of the molecule is CC1(O)CCCN(CCCC(=O)Nc2ccc(N)cc2)C1. The average Bonchev–Trinajstić information content (AvgIpc) is 2.40. The summed E-state index contributed by atoms with van der Waals surface area (Å²) in [4.78, 5) is 14.1. The zero-order chi connectivity index (χ0) is 15.3. The Morgan fingerprint density at radius 1 is 1.43 bits per heavy atom. The van der Waals surface area contributed by atoms with E-state index in [-0.39, 0.29) is 5.91 Å². The van der Waals surface area contributed by atoms with Crippen LogP contribution in [0.3, 0.4) is 0 Å². The van der Waals surface area contributed by atoms with Crippen LogP contribution in [0.5, 0.6) is 0 Å². The normalized spacial score (nSPS) is 23.0. The van der Waals surface area contributed by atoms with Crippen LogP contribution in [0.25, 0.3) is 0 Å². The van der Waals surface area contributed by atoms with E-state index in [1.54, 1.807) is 24.3 Å². The molecule has 0 saturated carbocycles. The molecule has 0 radical (unpaired) electrons. The molecule has 1 unspecified atom stereocenters. The summed E-state index contributed by atoms with van der Waals surface area (Å²) in [6.07, 6.45) is 3.17. The van der Waals surface area contributed by atoms with Gasteiger partial charge >= 0.3 is 0 Å². The summed E-state index contributed by atoms with van der Waals surface area (Å²) in [7, 11) is 0. The molecule has 116 valence electrons. The zero-order valence-electron chi connectivity index (χ0n) is 12.6. The second-order valence-corrected chi connectivity index (χ2v) is 6.15. The second-order valence-electron chi connectivity index (χ2n) is 6.15. The van der Waals surface area contributed by atoms with Gasteiger partial charge in [-0.2, -0.15) is 0 Å². The Balaban J connectivity index is 1.68. The molecule has 1 aliphatic heterocycles.